The summed E-state index contributed by atoms with van der Waals surface area (Å²) in [5, 5.41) is 4.55. The smallest absolute Gasteiger partial charge is 0.214 e. The topological polar surface area (TPSA) is 121 Å². The van der Waals surface area contributed by atoms with Gasteiger partial charge in [0.25, 0.3) is 0 Å². The Morgan fingerprint density at radius 3 is 2.59 bits per heavy atom. The number of hydrogen-bond donors (Lipinski definition) is 3. The number of aryl methyl sites for hydroxylation is 1. The summed E-state index contributed by atoms with van der Waals surface area (Å²) in [7, 11) is 0. The number of carbonyl (C=O) groups is 1. The molecule has 0 fully saturated rings. The van der Waals surface area contributed by atoms with Crippen molar-refractivity contribution in [1.82, 2.24) is 14.8 Å². The van der Waals surface area contributed by atoms with Crippen molar-refractivity contribution >= 4 is 39.6 Å². The van der Waals surface area contributed by atoms with Gasteiger partial charge in [-0.25, -0.2) is 22.6 Å². The number of nitrogens with one attached hydrogen (secondary N) is 2. The highest BCUT2D eigenvalue weighted by Gasteiger charge is 2.23. The van der Waals surface area contributed by atoms with Gasteiger partial charge < -0.3 is 20.0 Å². The van der Waals surface area contributed by atoms with E-state index in [1.54, 1.807) is 0 Å². The molecule has 0 saturated heterocycles. The lowest BCUT2D eigenvalue weighted by molar-refractivity contribution is 0.103. The van der Waals surface area contributed by atoms with Crippen LogP contribution in [0.1, 0.15) is 21.6 Å². The zero-order chi connectivity index (χ0) is 28.0. The zero-order valence-electron chi connectivity index (χ0n) is 20.3. The maximum absolute atomic E-state index is 15.2. The number of rotatable bonds is 7. The molecule has 8 nitrogen and oxygen atoms in total. The lowest BCUT2D eigenvalue weighted by atomic mass is 10.1. The first-order chi connectivity index (χ1) is 18.5. The minimum absolute atomic E-state index is 0.00665. The number of halogens is 4. The van der Waals surface area contributed by atoms with E-state index in [1.807, 2.05) is 0 Å². The van der Waals surface area contributed by atoms with Crippen LogP contribution >= 0.6 is 0 Å². The first-order valence-corrected chi connectivity index (χ1v) is 12.8. The molecule has 0 aliphatic carbocycles. The number of nitrogens with two attached hydrogens (primary N) is 1. The Morgan fingerprint density at radius 1 is 1.10 bits per heavy atom. The van der Waals surface area contributed by atoms with Gasteiger partial charge in [0.2, 0.25) is 11.6 Å². The second kappa shape index (κ2) is 10.0. The van der Waals surface area contributed by atoms with Crippen LogP contribution in [-0.2, 0) is 11.4 Å². The molecule has 0 amide bonds. The summed E-state index contributed by atoms with van der Waals surface area (Å²) >= 11 is -1.50. The number of nitrogen functional groups attached to an aromatic ring is 1. The van der Waals surface area contributed by atoms with Crippen LogP contribution in [0.15, 0.2) is 54.7 Å². The molecule has 2 aromatic heterocycles. The van der Waals surface area contributed by atoms with E-state index in [0.29, 0.717) is 10.9 Å². The molecule has 4 N–H and O–H groups in total. The third kappa shape index (κ3) is 4.89. The molecule has 0 saturated carbocycles. The number of nitrogens with zero attached hydrogens (tertiary/aromatic N) is 2. The fourth-order valence-electron chi connectivity index (χ4n) is 4.09. The quantitative estimate of drug-likeness (QED) is 0.138. The van der Waals surface area contributed by atoms with Crippen molar-refractivity contribution < 1.29 is 31.6 Å². The van der Waals surface area contributed by atoms with Crippen molar-refractivity contribution in [1.29, 1.82) is 0 Å². The van der Waals surface area contributed by atoms with Crippen LogP contribution in [0.3, 0.4) is 0 Å². The first-order valence-electron chi connectivity index (χ1n) is 11.3. The van der Waals surface area contributed by atoms with E-state index < -0.39 is 46.2 Å². The van der Waals surface area contributed by atoms with Crippen molar-refractivity contribution in [3.8, 4) is 17.2 Å². The van der Waals surface area contributed by atoms with Crippen LogP contribution in [0, 0.1) is 30.2 Å². The number of H-pyrrole nitrogens is 1. The lowest BCUT2D eigenvalue weighted by Crippen LogP contribution is -2.10. The Kier molecular flexibility index (Phi) is 6.70. The number of anilines is 2. The molecule has 3 aromatic carbocycles. The summed E-state index contributed by atoms with van der Waals surface area (Å²) < 4.78 is 77.2. The van der Waals surface area contributed by atoms with Gasteiger partial charge in [-0.1, -0.05) is 6.07 Å². The van der Waals surface area contributed by atoms with Crippen LogP contribution < -0.4 is 15.2 Å². The lowest BCUT2D eigenvalue weighted by Gasteiger charge is -2.13. The molecular weight excluding hydrogens is 538 g/mol. The van der Waals surface area contributed by atoms with E-state index in [0.717, 1.165) is 22.9 Å². The summed E-state index contributed by atoms with van der Waals surface area (Å²) in [6, 6.07) is 9.75. The molecule has 0 aliphatic rings. The number of benzene rings is 3. The molecule has 0 bridgehead atoms. The Morgan fingerprint density at radius 2 is 1.87 bits per heavy atom. The highest BCUT2D eigenvalue weighted by molar-refractivity contribution is 7.92. The molecule has 0 aliphatic heterocycles. The summed E-state index contributed by atoms with van der Waals surface area (Å²) in [5.74, 6) is -5.09. The average Bonchev–Trinajstić information content (AvgIpc) is 3.44. The second-order valence-corrected chi connectivity index (χ2v) is 9.68. The number of carbonyl (C=O) groups excluding carboxylic acids is 1. The van der Waals surface area contributed by atoms with Crippen LogP contribution in [0.25, 0.3) is 16.6 Å². The van der Waals surface area contributed by atoms with Crippen LogP contribution in [0.4, 0.5) is 29.1 Å². The first kappa shape index (κ1) is 26.1. The molecule has 2 heterocycles. The standard InChI is InChI=1S/C26H19F4N5O3S/c1-12-6-14(38-22-5-3-4-16(27)23(22)30)9-18(29)24(12)35-26(31)15(11-32-35)25(36)21-8-13-7-20(34-39(2)37)17(28)10-19(13)33-21/h3-11,33-34H,31H2,1-2H3. The summed E-state index contributed by atoms with van der Waals surface area (Å²) in [5.41, 5.74) is 6.73. The molecule has 0 spiro atoms. The van der Waals surface area contributed by atoms with Gasteiger partial charge >= 0.3 is 0 Å². The molecule has 0 radical (unpaired) electrons. The molecular formula is C26H19F4N5O3S. The SMILES string of the molecule is Cc1cc(Oc2cccc(F)c2F)cc(F)c1-n1ncc(C(=O)c2cc3cc(N[S+](C)[O-])c(F)cc3[nH]2)c1N. The molecule has 5 aromatic rings. The Labute approximate surface area is 221 Å². The Bertz CT molecular complexity index is 1730. The Balaban J connectivity index is 1.46. The van der Waals surface area contributed by atoms with E-state index in [4.69, 9.17) is 10.5 Å². The Hall–Kier alpha value is -4.49. The number of ether oxygens (including phenoxy) is 1. The number of hydrogen-bond acceptors (Lipinski definition) is 6. The van der Waals surface area contributed by atoms with Gasteiger partial charge in [0.15, 0.2) is 23.2 Å². The van der Waals surface area contributed by atoms with Crippen molar-refractivity contribution in [3.63, 3.8) is 0 Å². The fraction of sp³-hybridized carbons (Fsp3) is 0.0769. The third-order valence-corrected chi connectivity index (χ3v) is 6.35. The number of aromatic amines is 1. The monoisotopic (exact) mass is 557 g/mol. The van der Waals surface area contributed by atoms with E-state index in [2.05, 4.69) is 14.8 Å². The predicted octanol–water partition coefficient (Wildman–Crippen LogP) is 5.53. The normalized spacial score (nSPS) is 12.1. The largest absolute Gasteiger partial charge is 0.593 e. The van der Waals surface area contributed by atoms with Crippen molar-refractivity contribution in [2.24, 2.45) is 0 Å². The minimum atomic E-state index is -1.50. The molecule has 200 valence electrons. The summed E-state index contributed by atoms with van der Waals surface area (Å²) in [6.45, 7) is 1.52. The van der Waals surface area contributed by atoms with E-state index in [1.165, 1.54) is 49.7 Å². The van der Waals surface area contributed by atoms with Crippen molar-refractivity contribution in [2.75, 3.05) is 16.7 Å². The number of aromatic nitrogens is 3. The molecule has 39 heavy (non-hydrogen) atoms. The van der Waals surface area contributed by atoms with E-state index in [-0.39, 0.29) is 39.8 Å². The molecule has 1 atom stereocenters. The molecule has 5 rings (SSSR count). The van der Waals surface area contributed by atoms with Gasteiger partial charge in [-0.3, -0.25) is 4.79 Å². The second-order valence-electron chi connectivity index (χ2n) is 8.57. The van der Waals surface area contributed by atoms with Crippen molar-refractivity contribution in [3.05, 3.63) is 94.8 Å². The van der Waals surface area contributed by atoms with E-state index in [9.17, 15) is 22.5 Å². The molecule has 1 unspecified atom stereocenters. The van der Waals surface area contributed by atoms with E-state index >= 15 is 4.39 Å². The zero-order valence-corrected chi connectivity index (χ0v) is 21.1. The summed E-state index contributed by atoms with van der Waals surface area (Å²) in [6.07, 6.45) is 2.52. The number of ketones is 1. The van der Waals surface area contributed by atoms with Gasteiger partial charge in [-0.15, -0.1) is 0 Å². The number of fused-ring (bicyclic) bond motifs is 1. The fourth-order valence-corrected chi connectivity index (χ4v) is 4.55. The van der Waals surface area contributed by atoms with Gasteiger partial charge in [-0.05, 0) is 42.8 Å². The highest BCUT2D eigenvalue weighted by atomic mass is 32.2. The van der Waals surface area contributed by atoms with Crippen LogP contribution in [0.5, 0.6) is 11.5 Å². The van der Waals surface area contributed by atoms with Crippen molar-refractivity contribution in [2.45, 2.75) is 6.92 Å². The van der Waals surface area contributed by atoms with Gasteiger partial charge in [0, 0.05) is 23.0 Å². The maximum atomic E-state index is 15.2. The van der Waals surface area contributed by atoms with Gasteiger partial charge in [0.05, 0.1) is 28.8 Å². The van der Waals surface area contributed by atoms with Crippen LogP contribution in [0.2, 0.25) is 0 Å². The van der Waals surface area contributed by atoms with Crippen LogP contribution in [-0.4, -0.2) is 31.4 Å². The highest BCUT2D eigenvalue weighted by Crippen LogP contribution is 2.32. The predicted molar refractivity (Wildman–Crippen MR) is 138 cm³/mol. The third-order valence-electron chi connectivity index (χ3n) is 5.84. The maximum Gasteiger partial charge on any atom is 0.214 e. The molecule has 13 heteroatoms. The van der Waals surface area contributed by atoms with Gasteiger partial charge in [-0.2, -0.15) is 9.49 Å². The summed E-state index contributed by atoms with van der Waals surface area (Å²) in [4.78, 5) is 16.0. The van der Waals surface area contributed by atoms with Gasteiger partial charge in [0.1, 0.15) is 29.2 Å². The average molecular weight is 558 g/mol. The minimum Gasteiger partial charge on any atom is -0.593 e.